The van der Waals surface area contributed by atoms with Crippen molar-refractivity contribution in [2.75, 3.05) is 5.32 Å². The van der Waals surface area contributed by atoms with E-state index < -0.39 is 5.91 Å². The number of rotatable bonds is 5. The first-order valence-electron chi connectivity index (χ1n) is 9.06. The number of carbonyl (C=O) groups is 2. The van der Waals surface area contributed by atoms with Crippen LogP contribution in [-0.2, 0) is 30.5 Å². The van der Waals surface area contributed by atoms with Gasteiger partial charge in [-0.2, -0.15) is 0 Å². The van der Waals surface area contributed by atoms with Gasteiger partial charge in [-0.25, -0.2) is 0 Å². The number of benzene rings is 1. The van der Waals surface area contributed by atoms with E-state index in [-0.39, 0.29) is 11.2 Å². The van der Waals surface area contributed by atoms with Crippen LogP contribution in [0.5, 0.6) is 0 Å². The molecular weight excluding hydrogens is 364 g/mol. The number of primary amides is 1. The number of anilines is 1. The minimum atomic E-state index is -0.446. The second-order valence-electron chi connectivity index (χ2n) is 6.96. The Morgan fingerprint density at radius 3 is 2.73 bits per heavy atom. The normalized spacial score (nSPS) is 16.2. The van der Waals surface area contributed by atoms with Crippen molar-refractivity contribution in [2.24, 2.45) is 5.73 Å². The molecule has 2 amide bonds. The largest absolute Gasteiger partial charge is 0.365 e. The summed E-state index contributed by atoms with van der Waals surface area (Å²) in [6.07, 6.45) is 6.41. The van der Waals surface area contributed by atoms with Crippen LogP contribution in [0.1, 0.15) is 51.7 Å². The monoisotopic (exact) mass is 386 g/mol. The summed E-state index contributed by atoms with van der Waals surface area (Å²) >= 11 is 3.06. The SMILES string of the molecule is C[C@H](Sc1ccc2c(c1)CCC2)C(=O)Nc1sc2c(c1C(N)=O)CCC2. The third kappa shape index (κ3) is 3.28. The predicted molar refractivity (Wildman–Crippen MR) is 107 cm³/mol. The highest BCUT2D eigenvalue weighted by molar-refractivity contribution is 8.00. The fourth-order valence-electron chi connectivity index (χ4n) is 3.85. The molecule has 0 radical (unpaired) electrons. The van der Waals surface area contributed by atoms with Gasteiger partial charge >= 0.3 is 0 Å². The van der Waals surface area contributed by atoms with Gasteiger partial charge in [-0.15, -0.1) is 23.1 Å². The van der Waals surface area contributed by atoms with Crippen molar-refractivity contribution in [3.63, 3.8) is 0 Å². The van der Waals surface area contributed by atoms with E-state index >= 15 is 0 Å². The van der Waals surface area contributed by atoms with Crippen LogP contribution in [0.25, 0.3) is 0 Å². The maximum Gasteiger partial charge on any atom is 0.251 e. The van der Waals surface area contributed by atoms with Gasteiger partial charge in [-0.3, -0.25) is 9.59 Å². The third-order valence-electron chi connectivity index (χ3n) is 5.16. The Kier molecular flexibility index (Phi) is 4.80. The average Bonchev–Trinajstić information content (AvgIpc) is 3.28. The number of carbonyl (C=O) groups excluding carboxylic acids is 2. The molecule has 26 heavy (non-hydrogen) atoms. The fourth-order valence-corrected chi connectivity index (χ4v) is 6.07. The van der Waals surface area contributed by atoms with Crippen molar-refractivity contribution in [3.8, 4) is 0 Å². The van der Waals surface area contributed by atoms with Crippen LogP contribution in [-0.4, -0.2) is 17.1 Å². The van der Waals surface area contributed by atoms with E-state index in [1.807, 2.05) is 6.92 Å². The topological polar surface area (TPSA) is 72.2 Å². The number of hydrogen-bond donors (Lipinski definition) is 2. The Morgan fingerprint density at radius 2 is 1.92 bits per heavy atom. The lowest BCUT2D eigenvalue weighted by atomic mass is 10.1. The van der Waals surface area contributed by atoms with Gasteiger partial charge in [0, 0.05) is 9.77 Å². The molecule has 1 aromatic carbocycles. The number of aryl methyl sites for hydroxylation is 3. The number of nitrogens with two attached hydrogens (primary N) is 1. The number of thiophene rings is 1. The first kappa shape index (κ1) is 17.6. The standard InChI is InChI=1S/C20H22N2O2S2/c1-11(25-14-9-8-12-4-2-5-13(12)10-14)19(24)22-20-17(18(21)23)15-6-3-7-16(15)26-20/h8-11H,2-7H2,1H3,(H2,21,23)(H,22,24)/t11-/m0/s1. The van der Waals surface area contributed by atoms with E-state index in [1.165, 1.54) is 33.8 Å². The molecule has 4 rings (SSSR count). The highest BCUT2D eigenvalue weighted by Crippen LogP contribution is 2.39. The molecule has 0 unspecified atom stereocenters. The van der Waals surface area contributed by atoms with Crippen molar-refractivity contribution in [1.29, 1.82) is 0 Å². The van der Waals surface area contributed by atoms with Crippen molar-refractivity contribution in [1.82, 2.24) is 0 Å². The van der Waals surface area contributed by atoms with Crippen LogP contribution in [0.4, 0.5) is 5.00 Å². The number of amides is 2. The van der Waals surface area contributed by atoms with E-state index in [1.54, 1.807) is 11.8 Å². The van der Waals surface area contributed by atoms with E-state index in [4.69, 9.17) is 5.73 Å². The van der Waals surface area contributed by atoms with Gasteiger partial charge in [-0.05, 0) is 74.3 Å². The molecule has 0 saturated carbocycles. The number of thioether (sulfide) groups is 1. The molecule has 1 heterocycles. The zero-order valence-corrected chi connectivity index (χ0v) is 16.4. The zero-order valence-electron chi connectivity index (χ0n) is 14.8. The van der Waals surface area contributed by atoms with Crippen LogP contribution in [0.15, 0.2) is 23.1 Å². The van der Waals surface area contributed by atoms with Gasteiger partial charge in [0.15, 0.2) is 0 Å². The van der Waals surface area contributed by atoms with Gasteiger partial charge in [0.1, 0.15) is 5.00 Å². The van der Waals surface area contributed by atoms with Gasteiger partial charge in [0.2, 0.25) is 5.91 Å². The maximum atomic E-state index is 12.7. The van der Waals surface area contributed by atoms with Gasteiger partial charge < -0.3 is 11.1 Å². The molecule has 0 aliphatic heterocycles. The van der Waals surface area contributed by atoms with E-state index in [0.717, 1.165) is 42.6 Å². The molecule has 0 bridgehead atoms. The summed E-state index contributed by atoms with van der Waals surface area (Å²) in [6.45, 7) is 1.90. The summed E-state index contributed by atoms with van der Waals surface area (Å²) in [4.78, 5) is 26.9. The minimum Gasteiger partial charge on any atom is -0.365 e. The predicted octanol–water partition coefficient (Wildman–Crippen LogP) is 3.94. The molecule has 0 spiro atoms. The minimum absolute atomic E-state index is 0.0853. The molecular formula is C20H22N2O2S2. The lowest BCUT2D eigenvalue weighted by molar-refractivity contribution is -0.115. The summed E-state index contributed by atoms with van der Waals surface area (Å²) < 4.78 is 0. The summed E-state index contributed by atoms with van der Waals surface area (Å²) in [5.41, 5.74) is 9.97. The molecule has 1 atom stereocenters. The molecule has 6 heteroatoms. The summed E-state index contributed by atoms with van der Waals surface area (Å²) in [6, 6.07) is 6.50. The van der Waals surface area contributed by atoms with Gasteiger partial charge in [0.25, 0.3) is 5.91 Å². The van der Waals surface area contributed by atoms with E-state index in [0.29, 0.717) is 10.6 Å². The first-order chi connectivity index (χ1) is 12.5. The van der Waals surface area contributed by atoms with Crippen LogP contribution in [0.3, 0.4) is 0 Å². The Balaban J connectivity index is 1.47. The van der Waals surface area contributed by atoms with Gasteiger partial charge in [-0.1, -0.05) is 6.07 Å². The van der Waals surface area contributed by atoms with Crippen LogP contribution >= 0.6 is 23.1 Å². The van der Waals surface area contributed by atoms with Crippen molar-refractivity contribution < 1.29 is 9.59 Å². The van der Waals surface area contributed by atoms with Crippen molar-refractivity contribution >= 4 is 39.9 Å². The van der Waals surface area contributed by atoms with Gasteiger partial charge in [0.05, 0.1) is 10.8 Å². The number of fused-ring (bicyclic) bond motifs is 2. The molecule has 0 saturated heterocycles. The van der Waals surface area contributed by atoms with E-state index in [2.05, 4.69) is 23.5 Å². The molecule has 2 aliphatic carbocycles. The summed E-state index contributed by atoms with van der Waals surface area (Å²) in [5, 5.41) is 3.33. The molecule has 2 aliphatic rings. The Morgan fingerprint density at radius 1 is 1.15 bits per heavy atom. The second-order valence-corrected chi connectivity index (χ2v) is 9.48. The molecule has 1 aromatic heterocycles. The Bertz CT molecular complexity index is 888. The lowest BCUT2D eigenvalue weighted by Gasteiger charge is -2.13. The number of hydrogen-bond acceptors (Lipinski definition) is 4. The maximum absolute atomic E-state index is 12.7. The highest BCUT2D eigenvalue weighted by atomic mass is 32.2. The lowest BCUT2D eigenvalue weighted by Crippen LogP contribution is -2.24. The van der Waals surface area contributed by atoms with Crippen LogP contribution in [0.2, 0.25) is 0 Å². The number of nitrogens with one attached hydrogen (secondary N) is 1. The van der Waals surface area contributed by atoms with Crippen LogP contribution < -0.4 is 11.1 Å². The summed E-state index contributed by atoms with van der Waals surface area (Å²) in [7, 11) is 0. The summed E-state index contributed by atoms with van der Waals surface area (Å²) in [5.74, 6) is -0.531. The Hall–Kier alpha value is -1.79. The molecule has 3 N–H and O–H groups in total. The zero-order chi connectivity index (χ0) is 18.3. The highest BCUT2D eigenvalue weighted by Gasteiger charge is 2.27. The molecule has 136 valence electrons. The fraction of sp³-hybridized carbons (Fsp3) is 0.400. The average molecular weight is 387 g/mol. The van der Waals surface area contributed by atoms with Crippen molar-refractivity contribution in [2.45, 2.75) is 55.6 Å². The Labute approximate surface area is 161 Å². The quantitative estimate of drug-likeness (QED) is 0.765. The van der Waals surface area contributed by atoms with Crippen molar-refractivity contribution in [3.05, 3.63) is 45.3 Å². The third-order valence-corrected chi connectivity index (χ3v) is 7.46. The second kappa shape index (κ2) is 7.08. The van der Waals surface area contributed by atoms with Crippen LogP contribution in [0, 0.1) is 0 Å². The smallest absolute Gasteiger partial charge is 0.251 e. The molecule has 2 aromatic rings. The van der Waals surface area contributed by atoms with E-state index in [9.17, 15) is 9.59 Å². The molecule has 4 nitrogen and oxygen atoms in total. The molecule has 0 fully saturated rings. The first-order valence-corrected chi connectivity index (χ1v) is 10.8.